The van der Waals surface area contributed by atoms with Crippen LogP contribution in [0.2, 0.25) is 0 Å². The van der Waals surface area contributed by atoms with Crippen LogP contribution in [0, 0.1) is 23.0 Å². The van der Waals surface area contributed by atoms with Crippen molar-refractivity contribution in [3.63, 3.8) is 0 Å². The van der Waals surface area contributed by atoms with Gasteiger partial charge in [0.2, 0.25) is 0 Å². The van der Waals surface area contributed by atoms with Crippen molar-refractivity contribution < 1.29 is 14.3 Å². The lowest BCUT2D eigenvalue weighted by Crippen LogP contribution is -2.65. The number of pyridine rings is 1. The Morgan fingerprint density at radius 1 is 1.28 bits per heavy atom. The van der Waals surface area contributed by atoms with Crippen LogP contribution in [0.3, 0.4) is 0 Å². The molecule has 2 aliphatic carbocycles. The van der Waals surface area contributed by atoms with Crippen LogP contribution in [0.1, 0.15) is 49.4 Å². The molecular formula is C24H28N2O3. The van der Waals surface area contributed by atoms with E-state index in [4.69, 9.17) is 4.74 Å². The number of carbonyl (C=O) groups excluding carboxylic acids is 1. The molecule has 0 spiro atoms. The number of likely N-dealkylation sites (tertiary alicyclic amines) is 1. The molecule has 2 fully saturated rings. The number of carbonyl (C=O) groups is 1. The minimum absolute atomic E-state index is 0.249. The summed E-state index contributed by atoms with van der Waals surface area (Å²) in [5.41, 5.74) is 2.49. The predicted octanol–water partition coefficient (Wildman–Crippen LogP) is 4.17. The van der Waals surface area contributed by atoms with E-state index in [1.807, 2.05) is 41.3 Å². The topological polar surface area (TPSA) is 56.5 Å². The van der Waals surface area contributed by atoms with Gasteiger partial charge in [-0.05, 0) is 55.1 Å². The summed E-state index contributed by atoms with van der Waals surface area (Å²) in [6.07, 6.45) is 6.32. The molecule has 1 aromatic carbocycles. The Balaban J connectivity index is 1.53. The van der Waals surface area contributed by atoms with Crippen LogP contribution in [0.15, 0.2) is 48.7 Å². The highest BCUT2D eigenvalue weighted by molar-refractivity contribution is 5.70. The summed E-state index contributed by atoms with van der Waals surface area (Å²) in [6, 6.07) is 13.7. The quantitative estimate of drug-likeness (QED) is 0.569. The zero-order valence-corrected chi connectivity index (χ0v) is 16.9. The number of benzene rings is 1. The molecule has 2 aromatic rings. The molecule has 5 rings (SSSR count). The van der Waals surface area contributed by atoms with E-state index >= 15 is 0 Å². The fraction of sp³-hybridized carbons (Fsp3) is 0.500. The third-order valence-electron chi connectivity index (χ3n) is 7.33. The van der Waals surface area contributed by atoms with E-state index in [0.29, 0.717) is 24.3 Å². The molecule has 1 saturated heterocycles. The summed E-state index contributed by atoms with van der Waals surface area (Å²) in [6.45, 7) is 3.25. The first-order valence-electron chi connectivity index (χ1n) is 10.8. The van der Waals surface area contributed by atoms with Gasteiger partial charge in [-0.2, -0.15) is 4.73 Å². The second-order valence-corrected chi connectivity index (χ2v) is 9.07. The van der Waals surface area contributed by atoms with Gasteiger partial charge in [0.15, 0.2) is 11.9 Å². The Kier molecular flexibility index (Phi) is 4.49. The molecule has 0 unspecified atom stereocenters. The molecule has 1 aliphatic heterocycles. The molecule has 5 heteroatoms. The maximum absolute atomic E-state index is 13.3. The summed E-state index contributed by atoms with van der Waals surface area (Å²) >= 11 is 0. The van der Waals surface area contributed by atoms with Crippen molar-refractivity contribution in [1.82, 2.24) is 4.90 Å². The van der Waals surface area contributed by atoms with Gasteiger partial charge in [0, 0.05) is 24.6 Å². The average molecular weight is 392 g/mol. The van der Waals surface area contributed by atoms with E-state index in [2.05, 4.69) is 13.0 Å². The Morgan fingerprint density at radius 3 is 2.93 bits per heavy atom. The third-order valence-corrected chi connectivity index (χ3v) is 7.33. The van der Waals surface area contributed by atoms with Gasteiger partial charge in [-0.25, -0.2) is 4.79 Å². The number of aromatic nitrogens is 1. The van der Waals surface area contributed by atoms with E-state index in [0.717, 1.165) is 53.7 Å². The SMILES string of the molecule is C[C@@H]1C[C@H]2Cc3c(ccc[n+]3[O-])[C@@]3(C1)[C@@H]2CCCN3C(=O)OCc1ccccc1. The number of rotatable bonds is 2. The van der Waals surface area contributed by atoms with Crippen LogP contribution >= 0.6 is 0 Å². The van der Waals surface area contributed by atoms with Crippen LogP contribution in [0.5, 0.6) is 0 Å². The number of amides is 1. The van der Waals surface area contributed by atoms with Gasteiger partial charge in [0.05, 0.1) is 5.54 Å². The van der Waals surface area contributed by atoms with Crippen molar-refractivity contribution in [1.29, 1.82) is 0 Å². The minimum atomic E-state index is -0.407. The first-order chi connectivity index (χ1) is 14.1. The third kappa shape index (κ3) is 2.90. The van der Waals surface area contributed by atoms with Gasteiger partial charge < -0.3 is 9.94 Å². The van der Waals surface area contributed by atoms with Crippen LogP contribution in [-0.2, 0) is 23.3 Å². The largest absolute Gasteiger partial charge is 0.618 e. The number of fused-ring (bicyclic) bond motifs is 1. The second kappa shape index (κ2) is 7.05. The maximum Gasteiger partial charge on any atom is 0.410 e. The van der Waals surface area contributed by atoms with Crippen LogP contribution in [0.25, 0.3) is 0 Å². The van der Waals surface area contributed by atoms with Crippen LogP contribution < -0.4 is 4.73 Å². The van der Waals surface area contributed by atoms with Crippen LogP contribution in [0.4, 0.5) is 4.79 Å². The highest BCUT2D eigenvalue weighted by Crippen LogP contribution is 2.58. The smallest absolute Gasteiger partial charge is 0.410 e. The summed E-state index contributed by atoms with van der Waals surface area (Å²) in [5, 5.41) is 12.6. The van der Waals surface area contributed by atoms with Crippen molar-refractivity contribution >= 4 is 6.09 Å². The normalized spacial score (nSPS) is 30.2. The molecule has 1 saturated carbocycles. The van der Waals surface area contributed by atoms with Crippen LogP contribution in [-0.4, -0.2) is 17.5 Å². The summed E-state index contributed by atoms with van der Waals surface area (Å²) < 4.78 is 6.81. The molecule has 4 atom stereocenters. The van der Waals surface area contributed by atoms with E-state index < -0.39 is 5.54 Å². The Hall–Kier alpha value is -2.56. The van der Waals surface area contributed by atoms with E-state index in [-0.39, 0.29) is 12.7 Å². The summed E-state index contributed by atoms with van der Waals surface area (Å²) in [4.78, 5) is 15.3. The van der Waals surface area contributed by atoms with Crippen molar-refractivity contribution in [2.45, 2.75) is 51.2 Å². The first kappa shape index (κ1) is 18.5. The molecule has 1 aromatic heterocycles. The van der Waals surface area contributed by atoms with Gasteiger partial charge in [0.1, 0.15) is 6.61 Å². The van der Waals surface area contributed by atoms with Crippen molar-refractivity contribution in [2.24, 2.45) is 17.8 Å². The lowest BCUT2D eigenvalue weighted by molar-refractivity contribution is -0.616. The fourth-order valence-electron chi connectivity index (χ4n) is 6.39. The van der Waals surface area contributed by atoms with E-state index in [1.54, 1.807) is 6.20 Å². The molecule has 1 amide bonds. The van der Waals surface area contributed by atoms with Gasteiger partial charge >= 0.3 is 6.09 Å². The molecule has 0 N–H and O–H groups in total. The molecule has 152 valence electrons. The second-order valence-electron chi connectivity index (χ2n) is 9.07. The molecule has 2 heterocycles. The van der Waals surface area contributed by atoms with Crippen molar-refractivity contribution in [3.8, 4) is 0 Å². The number of ether oxygens (including phenoxy) is 1. The average Bonchev–Trinajstić information content (AvgIpc) is 2.73. The Morgan fingerprint density at radius 2 is 2.10 bits per heavy atom. The highest BCUT2D eigenvalue weighted by atomic mass is 16.6. The van der Waals surface area contributed by atoms with Crippen molar-refractivity contribution in [3.05, 3.63) is 70.7 Å². The lowest BCUT2D eigenvalue weighted by Gasteiger charge is -2.60. The number of hydrogen-bond acceptors (Lipinski definition) is 3. The molecule has 2 bridgehead atoms. The number of nitrogens with zero attached hydrogens (tertiary/aromatic N) is 2. The lowest BCUT2D eigenvalue weighted by atomic mass is 9.53. The molecular weight excluding hydrogens is 364 g/mol. The standard InChI is InChI=1S/C24H28N2O3/c1-17-13-19-14-22-21(10-6-12-26(22)28)24(15-17)20(19)9-5-11-25(24)23(27)29-16-18-7-3-2-4-8-18/h2-4,6-8,10,12,17,19-20H,5,9,11,13-16H2,1H3/t17-,19+,20-,24-/m1/s1. The molecule has 29 heavy (non-hydrogen) atoms. The van der Waals surface area contributed by atoms with Gasteiger partial charge in [-0.15, -0.1) is 0 Å². The Labute approximate surface area is 171 Å². The highest BCUT2D eigenvalue weighted by Gasteiger charge is 2.60. The monoisotopic (exact) mass is 392 g/mol. The zero-order valence-electron chi connectivity index (χ0n) is 16.9. The van der Waals surface area contributed by atoms with E-state index in [1.165, 1.54) is 0 Å². The molecule has 3 aliphatic rings. The van der Waals surface area contributed by atoms with Crippen molar-refractivity contribution in [2.75, 3.05) is 6.54 Å². The minimum Gasteiger partial charge on any atom is -0.618 e. The van der Waals surface area contributed by atoms with E-state index in [9.17, 15) is 10.0 Å². The summed E-state index contributed by atoms with van der Waals surface area (Å²) in [5.74, 6) is 1.39. The molecule has 5 nitrogen and oxygen atoms in total. The molecule has 0 radical (unpaired) electrons. The predicted molar refractivity (Wildman–Crippen MR) is 109 cm³/mol. The van der Waals surface area contributed by atoms with Gasteiger partial charge in [0.25, 0.3) is 0 Å². The zero-order chi connectivity index (χ0) is 20.0. The summed E-state index contributed by atoms with van der Waals surface area (Å²) in [7, 11) is 0. The fourth-order valence-corrected chi connectivity index (χ4v) is 6.39. The first-order valence-corrected chi connectivity index (χ1v) is 10.8. The maximum atomic E-state index is 13.3. The number of piperidine rings is 1. The Bertz CT molecular complexity index is 916. The van der Waals surface area contributed by atoms with Gasteiger partial charge in [-0.3, -0.25) is 4.90 Å². The van der Waals surface area contributed by atoms with Gasteiger partial charge in [-0.1, -0.05) is 37.3 Å². The number of hydrogen-bond donors (Lipinski definition) is 0.